The van der Waals surface area contributed by atoms with E-state index < -0.39 is 0 Å². The molecule has 3 N–H and O–H groups in total. The highest BCUT2D eigenvalue weighted by Crippen LogP contribution is 2.32. The van der Waals surface area contributed by atoms with E-state index >= 15 is 0 Å². The second-order valence-electron chi connectivity index (χ2n) is 5.08. The number of pyridine rings is 1. The van der Waals surface area contributed by atoms with Gasteiger partial charge in [0.05, 0.1) is 16.8 Å². The number of nitrogens with one attached hydrogen (secondary N) is 1. The van der Waals surface area contributed by atoms with Crippen LogP contribution in [0.15, 0.2) is 30.5 Å². The Labute approximate surface area is 122 Å². The molecule has 20 heavy (non-hydrogen) atoms. The summed E-state index contributed by atoms with van der Waals surface area (Å²) >= 11 is 1.99. The maximum atomic E-state index is 7.83. The summed E-state index contributed by atoms with van der Waals surface area (Å²) in [6.07, 6.45) is 1.73. The number of aromatic nitrogens is 1. The molecule has 1 aliphatic rings. The Balaban J connectivity index is 2.19. The van der Waals surface area contributed by atoms with Crippen LogP contribution in [0.1, 0.15) is 12.5 Å². The third-order valence-electron chi connectivity index (χ3n) is 3.59. The number of hydrogen-bond acceptors (Lipinski definition) is 4. The summed E-state index contributed by atoms with van der Waals surface area (Å²) < 4.78 is 0. The molecule has 3 rings (SSSR count). The van der Waals surface area contributed by atoms with Gasteiger partial charge in [0.15, 0.2) is 0 Å². The van der Waals surface area contributed by atoms with Crippen molar-refractivity contribution < 1.29 is 0 Å². The van der Waals surface area contributed by atoms with Crippen molar-refractivity contribution >= 4 is 34.2 Å². The smallest absolute Gasteiger partial charge is 0.126 e. The fourth-order valence-corrected chi connectivity index (χ4v) is 3.70. The van der Waals surface area contributed by atoms with Crippen molar-refractivity contribution in [1.29, 1.82) is 5.41 Å². The summed E-state index contributed by atoms with van der Waals surface area (Å²) in [7, 11) is 0. The predicted octanol–water partition coefficient (Wildman–Crippen LogP) is 2.46. The van der Waals surface area contributed by atoms with Crippen molar-refractivity contribution in [2.45, 2.75) is 12.2 Å². The monoisotopic (exact) mass is 286 g/mol. The standard InChI is InChI=1S/C15H18N4S/c1-10-9-19(6-7-20-10)14-11-4-2-3-5-13(11)18-8-12(14)15(16)17/h2-5,8,10H,6-7,9H2,1H3,(H3,16,17). The van der Waals surface area contributed by atoms with Crippen LogP contribution in [0.2, 0.25) is 0 Å². The van der Waals surface area contributed by atoms with E-state index in [0.29, 0.717) is 5.25 Å². The lowest BCUT2D eigenvalue weighted by Gasteiger charge is -2.34. The number of fused-ring (bicyclic) bond motifs is 1. The fraction of sp³-hybridized carbons (Fsp3) is 0.333. The summed E-state index contributed by atoms with van der Waals surface area (Å²) in [5.41, 5.74) is 8.52. The molecule has 4 nitrogen and oxygen atoms in total. The number of benzene rings is 1. The van der Waals surface area contributed by atoms with Crippen LogP contribution >= 0.6 is 11.8 Å². The van der Waals surface area contributed by atoms with Gasteiger partial charge in [-0.05, 0) is 6.07 Å². The van der Waals surface area contributed by atoms with Crippen LogP contribution in [0, 0.1) is 5.41 Å². The van der Waals surface area contributed by atoms with Gasteiger partial charge in [-0.25, -0.2) is 0 Å². The zero-order valence-corrected chi connectivity index (χ0v) is 12.3. The Morgan fingerprint density at radius 1 is 1.45 bits per heavy atom. The van der Waals surface area contributed by atoms with E-state index in [2.05, 4.69) is 22.9 Å². The molecule has 1 unspecified atom stereocenters. The van der Waals surface area contributed by atoms with E-state index in [1.807, 2.05) is 30.0 Å². The fourth-order valence-electron chi connectivity index (χ4n) is 2.69. The minimum Gasteiger partial charge on any atom is -0.384 e. The largest absolute Gasteiger partial charge is 0.384 e. The normalized spacial score (nSPS) is 19.2. The van der Waals surface area contributed by atoms with Crippen molar-refractivity contribution in [1.82, 2.24) is 4.98 Å². The van der Waals surface area contributed by atoms with E-state index in [0.717, 1.165) is 41.0 Å². The van der Waals surface area contributed by atoms with Crippen LogP contribution in [-0.4, -0.2) is 34.9 Å². The highest BCUT2D eigenvalue weighted by molar-refractivity contribution is 8.00. The zero-order chi connectivity index (χ0) is 14.1. The van der Waals surface area contributed by atoms with Crippen molar-refractivity contribution in [3.8, 4) is 0 Å². The maximum absolute atomic E-state index is 7.83. The topological polar surface area (TPSA) is 66.0 Å². The summed E-state index contributed by atoms with van der Waals surface area (Å²) in [5, 5.41) is 9.50. The van der Waals surface area contributed by atoms with Gasteiger partial charge in [-0.1, -0.05) is 25.1 Å². The van der Waals surface area contributed by atoms with Crippen molar-refractivity contribution in [3.05, 3.63) is 36.0 Å². The molecule has 2 aromatic rings. The molecule has 0 radical (unpaired) electrons. The Kier molecular flexibility index (Phi) is 3.53. The molecule has 0 saturated carbocycles. The Morgan fingerprint density at radius 2 is 2.25 bits per heavy atom. The molecule has 1 aliphatic heterocycles. The zero-order valence-electron chi connectivity index (χ0n) is 11.5. The van der Waals surface area contributed by atoms with Crippen molar-refractivity contribution in [3.63, 3.8) is 0 Å². The lowest BCUT2D eigenvalue weighted by molar-refractivity contribution is 0.784. The minimum absolute atomic E-state index is 0.0872. The minimum atomic E-state index is 0.0872. The Bertz CT molecular complexity index is 655. The third-order valence-corrected chi connectivity index (χ3v) is 4.73. The number of nitrogen functional groups attached to an aromatic ring is 1. The molecule has 0 amide bonds. The second-order valence-corrected chi connectivity index (χ2v) is 6.63. The molecule has 0 aliphatic carbocycles. The average Bonchev–Trinajstić information content (AvgIpc) is 2.46. The molecule has 1 aromatic carbocycles. The number of nitrogens with zero attached hydrogens (tertiary/aromatic N) is 2. The van der Waals surface area contributed by atoms with E-state index in [1.54, 1.807) is 6.20 Å². The number of thioether (sulfide) groups is 1. The van der Waals surface area contributed by atoms with Crippen LogP contribution in [0.25, 0.3) is 10.9 Å². The molecular formula is C15H18N4S. The first-order valence-corrected chi connectivity index (χ1v) is 7.80. The molecule has 1 saturated heterocycles. The number of rotatable bonds is 2. The number of anilines is 1. The number of hydrogen-bond donors (Lipinski definition) is 2. The van der Waals surface area contributed by atoms with Gasteiger partial charge in [-0.15, -0.1) is 0 Å². The number of amidine groups is 1. The molecule has 0 spiro atoms. The summed E-state index contributed by atoms with van der Waals surface area (Å²) in [6.45, 7) is 4.22. The van der Waals surface area contributed by atoms with Gasteiger partial charge in [-0.2, -0.15) is 11.8 Å². The van der Waals surface area contributed by atoms with Gasteiger partial charge in [-0.3, -0.25) is 10.4 Å². The van der Waals surface area contributed by atoms with Crippen molar-refractivity contribution in [2.24, 2.45) is 5.73 Å². The molecule has 2 heterocycles. The summed E-state index contributed by atoms with van der Waals surface area (Å²) in [4.78, 5) is 6.77. The Morgan fingerprint density at radius 3 is 3.00 bits per heavy atom. The lowest BCUT2D eigenvalue weighted by Crippen LogP contribution is -2.38. The van der Waals surface area contributed by atoms with Gasteiger partial charge in [0.1, 0.15) is 5.84 Å². The van der Waals surface area contributed by atoms with E-state index in [1.165, 1.54) is 0 Å². The molecule has 1 atom stereocenters. The SMILES string of the molecule is CC1CN(c2c(C(=N)N)cnc3ccccc23)CCS1. The number of nitrogens with two attached hydrogens (primary N) is 1. The quantitative estimate of drug-likeness (QED) is 0.657. The van der Waals surface area contributed by atoms with E-state index in [4.69, 9.17) is 11.1 Å². The van der Waals surface area contributed by atoms with Gasteiger partial charge in [0, 0.05) is 35.7 Å². The average molecular weight is 286 g/mol. The van der Waals surface area contributed by atoms with Crippen LogP contribution < -0.4 is 10.6 Å². The highest BCUT2D eigenvalue weighted by atomic mass is 32.2. The van der Waals surface area contributed by atoms with E-state index in [-0.39, 0.29) is 5.84 Å². The van der Waals surface area contributed by atoms with Crippen molar-refractivity contribution in [2.75, 3.05) is 23.7 Å². The van der Waals surface area contributed by atoms with Gasteiger partial charge in [0.25, 0.3) is 0 Å². The molecule has 5 heteroatoms. The van der Waals surface area contributed by atoms with Crippen LogP contribution in [-0.2, 0) is 0 Å². The molecular weight excluding hydrogens is 268 g/mol. The van der Waals surface area contributed by atoms with Crippen LogP contribution in [0.4, 0.5) is 5.69 Å². The summed E-state index contributed by atoms with van der Waals surface area (Å²) in [5.74, 6) is 1.19. The maximum Gasteiger partial charge on any atom is 0.126 e. The lowest BCUT2D eigenvalue weighted by atomic mass is 10.1. The van der Waals surface area contributed by atoms with Crippen LogP contribution in [0.5, 0.6) is 0 Å². The van der Waals surface area contributed by atoms with Crippen LogP contribution in [0.3, 0.4) is 0 Å². The molecule has 1 fully saturated rings. The Hall–Kier alpha value is -1.75. The first-order valence-electron chi connectivity index (χ1n) is 6.75. The first-order chi connectivity index (χ1) is 9.66. The molecule has 0 bridgehead atoms. The van der Waals surface area contributed by atoms with Gasteiger partial charge < -0.3 is 10.6 Å². The van der Waals surface area contributed by atoms with E-state index in [9.17, 15) is 0 Å². The van der Waals surface area contributed by atoms with Gasteiger partial charge in [0.2, 0.25) is 0 Å². The van der Waals surface area contributed by atoms with Gasteiger partial charge >= 0.3 is 0 Å². The third kappa shape index (κ3) is 2.33. The molecule has 104 valence electrons. The summed E-state index contributed by atoms with van der Waals surface area (Å²) in [6, 6.07) is 8.07. The first kappa shape index (κ1) is 13.2. The molecule has 1 aromatic heterocycles. The highest BCUT2D eigenvalue weighted by Gasteiger charge is 2.22. The number of para-hydroxylation sites is 1. The second kappa shape index (κ2) is 5.32. The predicted molar refractivity (Wildman–Crippen MR) is 86.9 cm³/mol.